The van der Waals surface area contributed by atoms with Crippen LogP contribution in [0.15, 0.2) is 48.5 Å². The predicted molar refractivity (Wildman–Crippen MR) is 98.2 cm³/mol. The Morgan fingerprint density at radius 1 is 1.21 bits per heavy atom. The van der Waals surface area contributed by atoms with Crippen LogP contribution >= 0.6 is 24.0 Å². The number of hydrogen-bond acceptors (Lipinski definition) is 3. The summed E-state index contributed by atoms with van der Waals surface area (Å²) in [6, 6.07) is 15.0. The molecule has 24 heavy (non-hydrogen) atoms. The first-order valence-corrected chi connectivity index (χ1v) is 8.08. The summed E-state index contributed by atoms with van der Waals surface area (Å²) < 4.78 is 5.83. The fourth-order valence-electron chi connectivity index (χ4n) is 2.56. The van der Waals surface area contributed by atoms with Crippen LogP contribution < -0.4 is 15.4 Å². The van der Waals surface area contributed by atoms with Gasteiger partial charge in [0, 0.05) is 17.6 Å². The molecule has 1 saturated heterocycles. The van der Waals surface area contributed by atoms with E-state index < -0.39 is 0 Å². The first kappa shape index (κ1) is 18.6. The highest BCUT2D eigenvalue weighted by Gasteiger charge is 2.19. The van der Waals surface area contributed by atoms with Crippen LogP contribution in [0.25, 0.3) is 0 Å². The zero-order chi connectivity index (χ0) is 16.1. The van der Waals surface area contributed by atoms with E-state index in [9.17, 15) is 4.79 Å². The molecule has 128 valence electrons. The SMILES string of the molecule is Cl.O=C(NC1CCNC1)c1ccccc1OCc1ccc(Cl)cc1. The predicted octanol–water partition coefficient (Wildman–Crippen LogP) is 3.43. The molecule has 0 saturated carbocycles. The number of carbonyl (C=O) groups excluding carboxylic acids is 1. The van der Waals surface area contributed by atoms with Crippen molar-refractivity contribution in [2.45, 2.75) is 19.1 Å². The Bertz CT molecular complexity index is 671. The second-order valence-corrected chi connectivity index (χ2v) is 6.01. The molecular weight excluding hydrogens is 347 g/mol. The second kappa shape index (κ2) is 8.92. The molecule has 1 unspecified atom stereocenters. The maximum absolute atomic E-state index is 12.4. The van der Waals surface area contributed by atoms with Crippen LogP contribution in [0.5, 0.6) is 5.75 Å². The van der Waals surface area contributed by atoms with Gasteiger partial charge in [0.15, 0.2) is 0 Å². The van der Waals surface area contributed by atoms with E-state index in [2.05, 4.69) is 10.6 Å². The number of benzene rings is 2. The molecule has 0 aliphatic carbocycles. The molecule has 1 amide bonds. The van der Waals surface area contributed by atoms with Crippen LogP contribution in [0.1, 0.15) is 22.3 Å². The highest BCUT2D eigenvalue weighted by atomic mass is 35.5. The van der Waals surface area contributed by atoms with Crippen molar-refractivity contribution in [3.8, 4) is 5.75 Å². The van der Waals surface area contributed by atoms with Crippen molar-refractivity contribution < 1.29 is 9.53 Å². The van der Waals surface area contributed by atoms with Crippen molar-refractivity contribution in [2.75, 3.05) is 13.1 Å². The molecule has 2 aromatic rings. The topological polar surface area (TPSA) is 50.4 Å². The Morgan fingerprint density at radius 3 is 2.67 bits per heavy atom. The molecule has 0 radical (unpaired) electrons. The molecule has 1 fully saturated rings. The lowest BCUT2D eigenvalue weighted by molar-refractivity contribution is 0.0935. The van der Waals surface area contributed by atoms with Crippen molar-refractivity contribution in [1.82, 2.24) is 10.6 Å². The van der Waals surface area contributed by atoms with Crippen molar-refractivity contribution >= 4 is 29.9 Å². The average molecular weight is 367 g/mol. The Balaban J connectivity index is 0.00000208. The van der Waals surface area contributed by atoms with E-state index in [1.807, 2.05) is 42.5 Å². The lowest BCUT2D eigenvalue weighted by Gasteiger charge is -2.14. The van der Waals surface area contributed by atoms with Gasteiger partial charge < -0.3 is 15.4 Å². The minimum atomic E-state index is -0.0922. The number of ether oxygens (including phenoxy) is 1. The molecule has 3 rings (SSSR count). The molecule has 1 aliphatic rings. The molecule has 0 spiro atoms. The van der Waals surface area contributed by atoms with E-state index in [0.29, 0.717) is 22.9 Å². The number of amides is 1. The minimum absolute atomic E-state index is 0. The summed E-state index contributed by atoms with van der Waals surface area (Å²) in [6.45, 7) is 2.16. The molecule has 2 N–H and O–H groups in total. The van der Waals surface area contributed by atoms with E-state index in [4.69, 9.17) is 16.3 Å². The van der Waals surface area contributed by atoms with E-state index in [0.717, 1.165) is 25.1 Å². The number of rotatable bonds is 5. The van der Waals surface area contributed by atoms with Crippen molar-refractivity contribution in [3.05, 3.63) is 64.7 Å². The molecular formula is C18H20Cl2N2O2. The molecule has 0 aromatic heterocycles. The first-order valence-electron chi connectivity index (χ1n) is 7.70. The van der Waals surface area contributed by atoms with Gasteiger partial charge in [-0.05, 0) is 42.8 Å². The molecule has 2 aromatic carbocycles. The van der Waals surface area contributed by atoms with Gasteiger partial charge in [0.05, 0.1) is 5.56 Å². The molecule has 0 bridgehead atoms. The fourth-order valence-corrected chi connectivity index (χ4v) is 2.69. The zero-order valence-corrected chi connectivity index (χ0v) is 14.7. The largest absolute Gasteiger partial charge is 0.488 e. The zero-order valence-electron chi connectivity index (χ0n) is 13.1. The summed E-state index contributed by atoms with van der Waals surface area (Å²) in [5.41, 5.74) is 1.57. The Hall–Kier alpha value is -1.75. The summed E-state index contributed by atoms with van der Waals surface area (Å²) in [6.07, 6.45) is 0.958. The number of hydrogen-bond donors (Lipinski definition) is 2. The number of nitrogens with one attached hydrogen (secondary N) is 2. The third kappa shape index (κ3) is 4.87. The number of halogens is 2. The van der Waals surface area contributed by atoms with Crippen LogP contribution in [0, 0.1) is 0 Å². The summed E-state index contributed by atoms with van der Waals surface area (Å²) in [7, 11) is 0. The van der Waals surface area contributed by atoms with Crippen LogP contribution in [0.4, 0.5) is 0 Å². The van der Waals surface area contributed by atoms with Crippen LogP contribution in [-0.2, 0) is 6.61 Å². The van der Waals surface area contributed by atoms with Gasteiger partial charge in [-0.25, -0.2) is 0 Å². The van der Waals surface area contributed by atoms with Crippen molar-refractivity contribution in [1.29, 1.82) is 0 Å². The van der Waals surface area contributed by atoms with Crippen LogP contribution in [0.3, 0.4) is 0 Å². The Labute approximate surface area is 153 Å². The normalized spacial score (nSPS) is 16.3. The van der Waals surface area contributed by atoms with E-state index in [1.54, 1.807) is 6.07 Å². The molecule has 1 atom stereocenters. The van der Waals surface area contributed by atoms with E-state index in [-0.39, 0.29) is 24.4 Å². The third-order valence-electron chi connectivity index (χ3n) is 3.83. The minimum Gasteiger partial charge on any atom is -0.488 e. The smallest absolute Gasteiger partial charge is 0.255 e. The highest BCUT2D eigenvalue weighted by molar-refractivity contribution is 6.30. The standard InChI is InChI=1S/C18H19ClN2O2.ClH/c19-14-7-5-13(6-8-14)12-23-17-4-2-1-3-16(17)18(22)21-15-9-10-20-11-15;/h1-8,15,20H,9-12H2,(H,21,22);1H. The van der Waals surface area contributed by atoms with Gasteiger partial charge in [-0.2, -0.15) is 0 Å². The molecule has 4 nitrogen and oxygen atoms in total. The summed E-state index contributed by atoms with van der Waals surface area (Å²) in [5.74, 6) is 0.497. The monoisotopic (exact) mass is 366 g/mol. The third-order valence-corrected chi connectivity index (χ3v) is 4.09. The van der Waals surface area contributed by atoms with Gasteiger partial charge in [0.1, 0.15) is 12.4 Å². The summed E-state index contributed by atoms with van der Waals surface area (Å²) >= 11 is 5.88. The highest BCUT2D eigenvalue weighted by Crippen LogP contribution is 2.20. The van der Waals surface area contributed by atoms with Gasteiger partial charge in [-0.15, -0.1) is 12.4 Å². The van der Waals surface area contributed by atoms with Gasteiger partial charge in [-0.3, -0.25) is 4.79 Å². The van der Waals surface area contributed by atoms with Crippen LogP contribution in [-0.4, -0.2) is 25.0 Å². The molecule has 1 aliphatic heterocycles. The Morgan fingerprint density at radius 2 is 1.96 bits per heavy atom. The van der Waals surface area contributed by atoms with Gasteiger partial charge >= 0.3 is 0 Å². The molecule has 6 heteroatoms. The maximum Gasteiger partial charge on any atom is 0.255 e. The number of carbonyl (C=O) groups is 1. The van der Waals surface area contributed by atoms with Gasteiger partial charge in [0.2, 0.25) is 0 Å². The van der Waals surface area contributed by atoms with E-state index >= 15 is 0 Å². The number of para-hydroxylation sites is 1. The van der Waals surface area contributed by atoms with Gasteiger partial charge in [-0.1, -0.05) is 35.9 Å². The van der Waals surface area contributed by atoms with Crippen molar-refractivity contribution in [3.63, 3.8) is 0 Å². The first-order chi connectivity index (χ1) is 11.2. The average Bonchev–Trinajstić information content (AvgIpc) is 3.07. The molecule has 1 heterocycles. The maximum atomic E-state index is 12.4. The fraction of sp³-hybridized carbons (Fsp3) is 0.278. The summed E-state index contributed by atoms with van der Waals surface area (Å²) in [4.78, 5) is 12.4. The Kier molecular flexibility index (Phi) is 6.91. The van der Waals surface area contributed by atoms with E-state index in [1.165, 1.54) is 0 Å². The summed E-state index contributed by atoms with van der Waals surface area (Å²) in [5, 5.41) is 6.97. The van der Waals surface area contributed by atoms with Gasteiger partial charge in [0.25, 0.3) is 5.91 Å². The van der Waals surface area contributed by atoms with Crippen LogP contribution in [0.2, 0.25) is 5.02 Å². The lowest BCUT2D eigenvalue weighted by Crippen LogP contribution is -2.36. The lowest BCUT2D eigenvalue weighted by atomic mass is 10.1. The van der Waals surface area contributed by atoms with Crippen molar-refractivity contribution in [2.24, 2.45) is 0 Å². The second-order valence-electron chi connectivity index (χ2n) is 5.57. The quantitative estimate of drug-likeness (QED) is 0.851.